The second-order valence-corrected chi connectivity index (χ2v) is 9.95. The van der Waals surface area contributed by atoms with Gasteiger partial charge in [0.25, 0.3) is 0 Å². The molecule has 0 aliphatic carbocycles. The molecule has 0 bridgehead atoms. The van der Waals surface area contributed by atoms with E-state index in [1.807, 2.05) is 31.3 Å². The maximum absolute atomic E-state index is 12.0. The Morgan fingerprint density at radius 1 is 1.00 bits per heavy atom. The van der Waals surface area contributed by atoms with Crippen LogP contribution in [0.4, 0.5) is 5.69 Å². The van der Waals surface area contributed by atoms with E-state index in [0.29, 0.717) is 17.8 Å². The summed E-state index contributed by atoms with van der Waals surface area (Å²) in [7, 11) is 0. The second kappa shape index (κ2) is 9.01. The molecule has 8 nitrogen and oxygen atoms in total. The molecule has 9 heteroatoms. The molecule has 6 aromatic heterocycles. The van der Waals surface area contributed by atoms with Gasteiger partial charge in [0.2, 0.25) is 5.91 Å². The van der Waals surface area contributed by atoms with Gasteiger partial charge in [-0.2, -0.15) is 5.10 Å². The standard InChI is InChI=1S/C27H23N7OS/c1-3-4-24(35)31-18-9-16(12-28-14-18)17-10-21-25(33-34-27(21)30-13-17)22-11-20-19(7-8-29-26(20)32-22)23-6-5-15(2)36-23/h5-14H,3-4H2,1-2H3,(H,29,32)(H,31,35)(H,30,33,34). The van der Waals surface area contributed by atoms with Crippen LogP contribution in [0.5, 0.6) is 0 Å². The lowest BCUT2D eigenvalue weighted by molar-refractivity contribution is -0.116. The van der Waals surface area contributed by atoms with E-state index >= 15 is 0 Å². The zero-order valence-corrected chi connectivity index (χ0v) is 20.6. The lowest BCUT2D eigenvalue weighted by Crippen LogP contribution is -2.10. The van der Waals surface area contributed by atoms with E-state index in [9.17, 15) is 4.79 Å². The van der Waals surface area contributed by atoms with Crippen LogP contribution in [0.15, 0.2) is 61.2 Å². The number of rotatable bonds is 6. The molecule has 1 amide bonds. The number of aromatic nitrogens is 6. The van der Waals surface area contributed by atoms with Crippen LogP contribution in [0, 0.1) is 6.92 Å². The minimum absolute atomic E-state index is 0.0216. The number of nitrogens with one attached hydrogen (secondary N) is 3. The molecule has 36 heavy (non-hydrogen) atoms. The van der Waals surface area contributed by atoms with E-state index in [0.717, 1.165) is 50.9 Å². The molecule has 0 radical (unpaired) electrons. The highest BCUT2D eigenvalue weighted by Crippen LogP contribution is 2.36. The SMILES string of the molecule is CCCC(=O)Nc1cncc(-c2cnc3[nH]nc(-c4cc5c(-c6ccc(C)s6)ccnc5[nH]4)c3c2)c1. The highest BCUT2D eigenvalue weighted by Gasteiger charge is 2.16. The second-order valence-electron chi connectivity index (χ2n) is 8.67. The average Bonchev–Trinajstić information content (AvgIpc) is 3.61. The summed E-state index contributed by atoms with van der Waals surface area (Å²) in [6, 6.07) is 12.4. The van der Waals surface area contributed by atoms with Gasteiger partial charge in [-0.15, -0.1) is 11.3 Å². The number of hydrogen-bond acceptors (Lipinski definition) is 6. The van der Waals surface area contributed by atoms with Crippen LogP contribution in [0.25, 0.3) is 55.0 Å². The predicted octanol–water partition coefficient (Wildman–Crippen LogP) is 6.34. The van der Waals surface area contributed by atoms with Crippen molar-refractivity contribution >= 4 is 45.0 Å². The number of aryl methyl sites for hydroxylation is 1. The number of fused-ring (bicyclic) bond motifs is 2. The largest absolute Gasteiger partial charge is 0.338 e. The van der Waals surface area contributed by atoms with Crippen LogP contribution in [0.1, 0.15) is 24.6 Å². The third-order valence-electron chi connectivity index (χ3n) is 6.04. The quantitative estimate of drug-likeness (QED) is 0.251. The Bertz CT molecular complexity index is 1730. The Morgan fingerprint density at radius 3 is 2.72 bits per heavy atom. The fourth-order valence-electron chi connectivity index (χ4n) is 4.33. The van der Waals surface area contributed by atoms with Crippen LogP contribution in [0.2, 0.25) is 0 Å². The Morgan fingerprint density at radius 2 is 1.89 bits per heavy atom. The van der Waals surface area contributed by atoms with Gasteiger partial charge in [-0.3, -0.25) is 14.9 Å². The third-order valence-corrected chi connectivity index (χ3v) is 7.08. The Kier molecular flexibility index (Phi) is 5.54. The van der Waals surface area contributed by atoms with Crippen molar-refractivity contribution < 1.29 is 4.79 Å². The Labute approximate surface area is 210 Å². The first-order valence-electron chi connectivity index (χ1n) is 11.7. The number of anilines is 1. The number of thiophene rings is 1. The van der Waals surface area contributed by atoms with Crippen molar-refractivity contribution in [2.75, 3.05) is 5.32 Å². The topological polar surface area (TPSA) is 112 Å². The average molecular weight is 494 g/mol. The number of hydrogen-bond donors (Lipinski definition) is 3. The summed E-state index contributed by atoms with van der Waals surface area (Å²) in [6.45, 7) is 4.09. The first kappa shape index (κ1) is 22.1. The first-order valence-corrected chi connectivity index (χ1v) is 12.5. The van der Waals surface area contributed by atoms with Crippen LogP contribution < -0.4 is 5.32 Å². The molecule has 0 saturated carbocycles. The molecule has 0 spiro atoms. The molecular formula is C27H23N7OS. The Balaban J connectivity index is 1.40. The van der Waals surface area contributed by atoms with E-state index in [2.05, 4.69) is 60.6 Å². The predicted molar refractivity (Wildman–Crippen MR) is 144 cm³/mol. The summed E-state index contributed by atoms with van der Waals surface area (Å²) in [6.07, 6.45) is 8.29. The summed E-state index contributed by atoms with van der Waals surface area (Å²) in [5, 5.41) is 12.4. The molecule has 0 saturated heterocycles. The van der Waals surface area contributed by atoms with Gasteiger partial charge in [0.05, 0.1) is 17.6 Å². The molecule has 6 rings (SSSR count). The maximum atomic E-state index is 12.0. The van der Waals surface area contributed by atoms with Gasteiger partial charge < -0.3 is 10.3 Å². The van der Waals surface area contributed by atoms with Crippen LogP contribution in [-0.2, 0) is 4.79 Å². The van der Waals surface area contributed by atoms with Crippen LogP contribution >= 0.6 is 11.3 Å². The van der Waals surface area contributed by atoms with E-state index in [1.165, 1.54) is 9.75 Å². The highest BCUT2D eigenvalue weighted by molar-refractivity contribution is 7.15. The lowest BCUT2D eigenvalue weighted by atomic mass is 10.1. The fraction of sp³-hybridized carbons (Fsp3) is 0.148. The highest BCUT2D eigenvalue weighted by atomic mass is 32.1. The fourth-order valence-corrected chi connectivity index (χ4v) is 5.24. The minimum atomic E-state index is -0.0216. The number of nitrogens with zero attached hydrogens (tertiary/aromatic N) is 4. The number of carbonyl (C=O) groups excluding carboxylic acids is 1. The van der Waals surface area contributed by atoms with E-state index in [-0.39, 0.29) is 5.91 Å². The lowest BCUT2D eigenvalue weighted by Gasteiger charge is -2.07. The number of H-pyrrole nitrogens is 2. The summed E-state index contributed by atoms with van der Waals surface area (Å²) in [5.74, 6) is -0.0216. The number of carbonyl (C=O) groups is 1. The van der Waals surface area contributed by atoms with E-state index in [1.54, 1.807) is 29.9 Å². The maximum Gasteiger partial charge on any atom is 0.224 e. The molecular weight excluding hydrogens is 470 g/mol. The zero-order valence-electron chi connectivity index (χ0n) is 19.8. The normalized spacial score (nSPS) is 11.4. The summed E-state index contributed by atoms with van der Waals surface area (Å²) >= 11 is 1.77. The molecule has 0 aromatic carbocycles. The van der Waals surface area contributed by atoms with Crippen molar-refractivity contribution in [3.8, 4) is 33.0 Å². The molecule has 0 aliphatic heterocycles. The van der Waals surface area contributed by atoms with Gasteiger partial charge in [-0.25, -0.2) is 9.97 Å². The monoisotopic (exact) mass is 493 g/mol. The van der Waals surface area contributed by atoms with Gasteiger partial charge in [-0.1, -0.05) is 6.92 Å². The van der Waals surface area contributed by atoms with Crippen LogP contribution in [-0.4, -0.2) is 36.0 Å². The van der Waals surface area contributed by atoms with Crippen molar-refractivity contribution in [3.05, 3.63) is 66.1 Å². The van der Waals surface area contributed by atoms with Gasteiger partial charge in [-0.05, 0) is 49.7 Å². The van der Waals surface area contributed by atoms with Crippen molar-refractivity contribution in [1.82, 2.24) is 30.1 Å². The number of aromatic amines is 2. The summed E-state index contributed by atoms with van der Waals surface area (Å²) in [5.41, 5.74) is 6.69. The Hall–Kier alpha value is -4.37. The molecule has 6 heterocycles. The van der Waals surface area contributed by atoms with Gasteiger partial charge >= 0.3 is 0 Å². The van der Waals surface area contributed by atoms with E-state index in [4.69, 9.17) is 0 Å². The van der Waals surface area contributed by atoms with Gasteiger partial charge in [0.1, 0.15) is 11.3 Å². The first-order chi connectivity index (χ1) is 17.6. The molecule has 0 atom stereocenters. The van der Waals surface area contributed by atoms with Crippen molar-refractivity contribution in [3.63, 3.8) is 0 Å². The van der Waals surface area contributed by atoms with Gasteiger partial charge in [0.15, 0.2) is 5.65 Å². The molecule has 0 aliphatic rings. The van der Waals surface area contributed by atoms with Crippen molar-refractivity contribution in [2.24, 2.45) is 0 Å². The van der Waals surface area contributed by atoms with Gasteiger partial charge in [0, 0.05) is 62.2 Å². The molecule has 6 aromatic rings. The van der Waals surface area contributed by atoms with Crippen molar-refractivity contribution in [1.29, 1.82) is 0 Å². The minimum Gasteiger partial charge on any atom is -0.338 e. The molecule has 0 fully saturated rings. The number of pyridine rings is 3. The summed E-state index contributed by atoms with van der Waals surface area (Å²) in [4.78, 5) is 31.4. The molecule has 178 valence electrons. The van der Waals surface area contributed by atoms with Crippen LogP contribution in [0.3, 0.4) is 0 Å². The molecule has 3 N–H and O–H groups in total. The van der Waals surface area contributed by atoms with Crippen molar-refractivity contribution in [2.45, 2.75) is 26.7 Å². The number of amides is 1. The third kappa shape index (κ3) is 4.03. The van der Waals surface area contributed by atoms with E-state index < -0.39 is 0 Å². The molecule has 0 unspecified atom stereocenters. The summed E-state index contributed by atoms with van der Waals surface area (Å²) < 4.78 is 0. The zero-order chi connectivity index (χ0) is 24.6. The smallest absolute Gasteiger partial charge is 0.224 e.